The average molecular weight is 468 g/mol. The van der Waals surface area contributed by atoms with Gasteiger partial charge in [0.15, 0.2) is 0 Å². The molecule has 0 aromatic heterocycles. The minimum atomic E-state index is -0.863. The fourth-order valence-electron chi connectivity index (χ4n) is 3.67. The minimum absolute atomic E-state index is 0.0477. The molecule has 0 aliphatic carbocycles. The van der Waals surface area contributed by atoms with E-state index in [1.165, 1.54) is 29.2 Å². The molecule has 1 fully saturated rings. The molecule has 2 aromatic rings. The molecule has 3 rings (SSSR count). The number of amides is 1. The van der Waals surface area contributed by atoms with Crippen LogP contribution in [0.1, 0.15) is 31.0 Å². The fraction of sp³-hybridized carbons (Fsp3) is 0.360. The molecule has 0 bridgehead atoms. The lowest BCUT2D eigenvalue weighted by Gasteiger charge is -2.26. The predicted octanol–water partition coefficient (Wildman–Crippen LogP) is 3.61. The molecular weight excluding hydrogens is 438 g/mol. The van der Waals surface area contributed by atoms with E-state index in [0.29, 0.717) is 35.9 Å². The summed E-state index contributed by atoms with van der Waals surface area (Å²) in [5.74, 6) is -0.829. The van der Waals surface area contributed by atoms with Gasteiger partial charge in [-0.15, -0.1) is 0 Å². The molecule has 0 spiro atoms. The number of hydrogen-bond acceptors (Lipinski definition) is 7. The maximum Gasteiger partial charge on any atom is 0.295 e. The number of nitro benzene ring substituents is 1. The van der Waals surface area contributed by atoms with Crippen molar-refractivity contribution in [3.63, 3.8) is 0 Å². The van der Waals surface area contributed by atoms with Gasteiger partial charge < -0.3 is 19.6 Å². The van der Waals surface area contributed by atoms with Gasteiger partial charge in [0.05, 0.1) is 23.1 Å². The Morgan fingerprint density at radius 3 is 2.26 bits per heavy atom. The van der Waals surface area contributed by atoms with E-state index >= 15 is 0 Å². The van der Waals surface area contributed by atoms with Crippen LogP contribution in [-0.4, -0.2) is 65.3 Å². The van der Waals surface area contributed by atoms with E-state index in [2.05, 4.69) is 0 Å². The van der Waals surface area contributed by atoms with Crippen LogP contribution in [0.5, 0.6) is 5.75 Å². The summed E-state index contributed by atoms with van der Waals surface area (Å²) in [6.45, 7) is 5.36. The van der Waals surface area contributed by atoms with Crippen LogP contribution >= 0.6 is 0 Å². The molecule has 1 saturated heterocycles. The first-order valence-corrected chi connectivity index (χ1v) is 11.0. The number of aliphatic hydroxyl groups excluding tert-OH is 1. The zero-order valence-electron chi connectivity index (χ0n) is 19.7. The highest BCUT2D eigenvalue weighted by Gasteiger charge is 2.46. The van der Waals surface area contributed by atoms with Gasteiger partial charge >= 0.3 is 0 Å². The second-order valence-electron chi connectivity index (χ2n) is 8.87. The van der Waals surface area contributed by atoms with E-state index < -0.39 is 22.7 Å². The van der Waals surface area contributed by atoms with Crippen LogP contribution in [0.15, 0.2) is 54.1 Å². The Bertz CT molecular complexity index is 1090. The van der Waals surface area contributed by atoms with Crippen molar-refractivity contribution in [1.29, 1.82) is 0 Å². The molecule has 1 aliphatic heterocycles. The average Bonchev–Trinajstić information content (AvgIpc) is 3.06. The first-order valence-electron chi connectivity index (χ1n) is 11.0. The predicted molar refractivity (Wildman–Crippen MR) is 127 cm³/mol. The van der Waals surface area contributed by atoms with E-state index in [-0.39, 0.29) is 23.6 Å². The lowest BCUT2D eigenvalue weighted by Crippen LogP contribution is -2.35. The second kappa shape index (κ2) is 10.5. The Labute approximate surface area is 198 Å². The summed E-state index contributed by atoms with van der Waals surface area (Å²) in [5.41, 5.74) is 0.718. The van der Waals surface area contributed by atoms with Crippen LogP contribution in [0.3, 0.4) is 0 Å². The number of likely N-dealkylation sites (tertiary alicyclic amines) is 1. The number of Topliss-reactive ketones (excluding diaryl/α,β-unsaturated/α-hetero) is 1. The molecule has 9 heteroatoms. The van der Waals surface area contributed by atoms with Crippen LogP contribution in [0, 0.1) is 16.0 Å². The summed E-state index contributed by atoms with van der Waals surface area (Å²) >= 11 is 0. The first-order chi connectivity index (χ1) is 16.1. The zero-order chi connectivity index (χ0) is 25.0. The maximum atomic E-state index is 13.0. The van der Waals surface area contributed by atoms with Gasteiger partial charge in [0.25, 0.3) is 17.4 Å². The number of benzene rings is 2. The van der Waals surface area contributed by atoms with Gasteiger partial charge in [0.2, 0.25) is 0 Å². The van der Waals surface area contributed by atoms with Crippen LogP contribution in [0.4, 0.5) is 5.69 Å². The quantitative estimate of drug-likeness (QED) is 0.197. The molecule has 34 heavy (non-hydrogen) atoms. The highest BCUT2D eigenvalue weighted by Crippen LogP contribution is 2.39. The number of carbonyl (C=O) groups excluding carboxylic acids is 2. The summed E-state index contributed by atoms with van der Waals surface area (Å²) < 4.78 is 5.67. The molecule has 1 unspecified atom stereocenters. The topological polar surface area (TPSA) is 113 Å². The Morgan fingerprint density at radius 1 is 1.12 bits per heavy atom. The smallest absolute Gasteiger partial charge is 0.295 e. The molecule has 1 amide bonds. The van der Waals surface area contributed by atoms with Crippen molar-refractivity contribution in [1.82, 2.24) is 9.80 Å². The molecule has 0 radical (unpaired) electrons. The molecule has 1 heterocycles. The number of likely N-dealkylation sites (N-methyl/N-ethyl adjacent to an activating group) is 1. The molecule has 1 aliphatic rings. The lowest BCUT2D eigenvalue weighted by molar-refractivity contribution is -0.384. The van der Waals surface area contributed by atoms with Gasteiger partial charge in [-0.25, -0.2) is 0 Å². The third-order valence-electron chi connectivity index (χ3n) is 5.46. The highest BCUT2D eigenvalue weighted by molar-refractivity contribution is 6.46. The van der Waals surface area contributed by atoms with Crippen LogP contribution < -0.4 is 4.74 Å². The number of aliphatic hydroxyl groups is 1. The number of carbonyl (C=O) groups is 2. The van der Waals surface area contributed by atoms with Crippen molar-refractivity contribution in [2.45, 2.75) is 19.9 Å². The van der Waals surface area contributed by atoms with Crippen LogP contribution in [0.25, 0.3) is 5.76 Å². The molecule has 1 N–H and O–H groups in total. The largest absolute Gasteiger partial charge is 0.507 e. The number of ketones is 1. The first kappa shape index (κ1) is 24.9. The molecule has 180 valence electrons. The second-order valence-corrected chi connectivity index (χ2v) is 8.87. The van der Waals surface area contributed by atoms with Gasteiger partial charge in [-0.2, -0.15) is 0 Å². The summed E-state index contributed by atoms with van der Waals surface area (Å²) in [5, 5.41) is 22.2. The molecular formula is C25H29N3O6. The normalized spacial score (nSPS) is 17.6. The van der Waals surface area contributed by atoms with Crippen molar-refractivity contribution in [2.75, 3.05) is 33.8 Å². The van der Waals surface area contributed by atoms with E-state index in [9.17, 15) is 24.8 Å². The third-order valence-corrected chi connectivity index (χ3v) is 5.46. The van der Waals surface area contributed by atoms with Gasteiger partial charge in [-0.3, -0.25) is 19.7 Å². The highest BCUT2D eigenvalue weighted by atomic mass is 16.6. The van der Waals surface area contributed by atoms with E-state index in [0.717, 1.165) is 0 Å². The number of nitro groups is 1. The van der Waals surface area contributed by atoms with Crippen molar-refractivity contribution in [3.05, 3.63) is 75.3 Å². The van der Waals surface area contributed by atoms with E-state index in [1.54, 1.807) is 24.3 Å². The molecule has 0 saturated carbocycles. The Hall–Kier alpha value is -3.72. The fourth-order valence-corrected chi connectivity index (χ4v) is 3.67. The summed E-state index contributed by atoms with van der Waals surface area (Å²) in [4.78, 5) is 39.8. The standard InChI is InChI=1S/C25H29N3O6/c1-16(2)15-34-20-11-7-18(8-12-20)23(29)21-22(17-5-9-19(10-6-17)28(32)33)27(14-13-26(3)4)25(31)24(21)30/h5-12,16,22,29H,13-15H2,1-4H3/b23-21-. The summed E-state index contributed by atoms with van der Waals surface area (Å²) in [7, 11) is 3.70. The number of hydrogen-bond donors (Lipinski definition) is 1. The number of non-ortho nitro benzene ring substituents is 1. The Morgan fingerprint density at radius 2 is 1.74 bits per heavy atom. The number of ether oxygens (including phenoxy) is 1. The van der Waals surface area contributed by atoms with Gasteiger partial charge in [-0.05, 0) is 62.0 Å². The monoisotopic (exact) mass is 467 g/mol. The van der Waals surface area contributed by atoms with E-state index in [1.807, 2.05) is 32.8 Å². The Kier molecular flexibility index (Phi) is 7.68. The lowest BCUT2D eigenvalue weighted by atomic mass is 9.95. The van der Waals surface area contributed by atoms with Gasteiger partial charge in [0, 0.05) is 30.8 Å². The van der Waals surface area contributed by atoms with Crippen molar-refractivity contribution < 1.29 is 24.4 Å². The SMILES string of the molecule is CC(C)COc1ccc(/C(O)=C2/C(=O)C(=O)N(CCN(C)C)C2c2ccc([N+](=O)[O-])cc2)cc1. The van der Waals surface area contributed by atoms with E-state index in [4.69, 9.17) is 4.74 Å². The summed E-state index contributed by atoms with van der Waals surface area (Å²) in [6, 6.07) is 11.4. The zero-order valence-corrected chi connectivity index (χ0v) is 19.7. The number of rotatable bonds is 9. The van der Waals surface area contributed by atoms with Crippen LogP contribution in [0.2, 0.25) is 0 Å². The third kappa shape index (κ3) is 5.43. The molecule has 1 atom stereocenters. The van der Waals surface area contributed by atoms with Gasteiger partial charge in [0.1, 0.15) is 11.5 Å². The molecule has 2 aromatic carbocycles. The van der Waals surface area contributed by atoms with Crippen molar-refractivity contribution in [3.8, 4) is 5.75 Å². The minimum Gasteiger partial charge on any atom is -0.507 e. The van der Waals surface area contributed by atoms with Crippen LogP contribution in [-0.2, 0) is 9.59 Å². The van der Waals surface area contributed by atoms with Crippen molar-refractivity contribution >= 4 is 23.1 Å². The Balaban J connectivity index is 2.04. The number of nitrogens with zero attached hydrogens (tertiary/aromatic N) is 3. The van der Waals surface area contributed by atoms with Gasteiger partial charge in [-0.1, -0.05) is 13.8 Å². The molecule has 9 nitrogen and oxygen atoms in total. The summed E-state index contributed by atoms with van der Waals surface area (Å²) in [6.07, 6.45) is 0. The van der Waals surface area contributed by atoms with Crippen molar-refractivity contribution in [2.24, 2.45) is 5.92 Å². The maximum absolute atomic E-state index is 13.0.